The summed E-state index contributed by atoms with van der Waals surface area (Å²) in [4.78, 5) is 28.3. The van der Waals surface area contributed by atoms with Gasteiger partial charge in [0.25, 0.3) is 11.7 Å². The third kappa shape index (κ3) is 4.39. The van der Waals surface area contributed by atoms with Crippen molar-refractivity contribution < 1.29 is 24.2 Å². The summed E-state index contributed by atoms with van der Waals surface area (Å²) >= 11 is 0. The van der Waals surface area contributed by atoms with Gasteiger partial charge in [0.1, 0.15) is 17.3 Å². The van der Waals surface area contributed by atoms with Crippen molar-refractivity contribution in [1.82, 2.24) is 0 Å². The first-order chi connectivity index (χ1) is 16.9. The molecule has 1 saturated heterocycles. The molecule has 4 rings (SSSR count). The molecule has 1 unspecified atom stereocenters. The van der Waals surface area contributed by atoms with Crippen molar-refractivity contribution in [2.24, 2.45) is 0 Å². The molecule has 0 aliphatic carbocycles. The van der Waals surface area contributed by atoms with E-state index in [9.17, 15) is 14.7 Å². The van der Waals surface area contributed by atoms with E-state index in [2.05, 4.69) is 0 Å². The van der Waals surface area contributed by atoms with Crippen molar-refractivity contribution in [3.05, 3.63) is 94.6 Å². The lowest BCUT2D eigenvalue weighted by Crippen LogP contribution is -2.30. The normalized spacial score (nSPS) is 17.0. The van der Waals surface area contributed by atoms with Gasteiger partial charge in [-0.1, -0.05) is 43.3 Å². The average molecular weight is 472 g/mol. The van der Waals surface area contributed by atoms with Gasteiger partial charge in [-0.15, -0.1) is 0 Å². The average Bonchev–Trinajstić information content (AvgIpc) is 3.13. The van der Waals surface area contributed by atoms with Crippen molar-refractivity contribution in [3.8, 4) is 11.5 Å². The highest BCUT2D eigenvalue weighted by atomic mass is 16.5. The Balaban J connectivity index is 1.93. The van der Waals surface area contributed by atoms with Gasteiger partial charge in [0, 0.05) is 16.8 Å². The summed E-state index contributed by atoms with van der Waals surface area (Å²) in [5.74, 6) is -0.448. The van der Waals surface area contributed by atoms with Crippen LogP contribution in [-0.4, -0.2) is 30.5 Å². The van der Waals surface area contributed by atoms with E-state index in [1.807, 2.05) is 51.1 Å². The van der Waals surface area contributed by atoms with Crippen LogP contribution >= 0.6 is 0 Å². The number of aryl methyl sites for hydroxylation is 2. The Bertz CT molecular complexity index is 1310. The number of amides is 1. The van der Waals surface area contributed by atoms with Gasteiger partial charge in [0.15, 0.2) is 0 Å². The van der Waals surface area contributed by atoms with Crippen LogP contribution in [0.2, 0.25) is 0 Å². The Hall–Kier alpha value is -4.06. The van der Waals surface area contributed by atoms with E-state index in [1.54, 1.807) is 36.4 Å². The number of nitrogens with zero attached hydrogens (tertiary/aromatic N) is 1. The second kappa shape index (κ2) is 10.1. The maximum Gasteiger partial charge on any atom is 0.300 e. The summed E-state index contributed by atoms with van der Waals surface area (Å²) in [6.45, 7) is 6.38. The number of ketones is 1. The predicted molar refractivity (Wildman–Crippen MR) is 136 cm³/mol. The Morgan fingerprint density at radius 2 is 1.66 bits per heavy atom. The minimum atomic E-state index is -0.858. The van der Waals surface area contributed by atoms with Crippen molar-refractivity contribution in [2.75, 3.05) is 18.6 Å². The second-order valence-electron chi connectivity index (χ2n) is 8.53. The standard InChI is InChI=1S/C29H29NO5/c1-5-16-35-23-15-14-20(17-19(23)3)27(31)25-26(21-11-7-9-13-24(21)34-4)30(29(33)28(25)32)22-12-8-6-10-18(22)2/h6-15,17,26,31H,5,16H2,1-4H3/b27-25+. The molecule has 0 radical (unpaired) electrons. The third-order valence-corrected chi connectivity index (χ3v) is 6.16. The lowest BCUT2D eigenvalue weighted by Gasteiger charge is -2.27. The van der Waals surface area contributed by atoms with Gasteiger partial charge in [-0.05, 0) is 61.7 Å². The molecule has 6 nitrogen and oxygen atoms in total. The fraction of sp³-hybridized carbons (Fsp3) is 0.241. The second-order valence-corrected chi connectivity index (χ2v) is 8.53. The van der Waals surface area contributed by atoms with Crippen LogP contribution in [0.1, 0.15) is 41.6 Å². The molecule has 3 aromatic rings. The number of carbonyl (C=O) groups excluding carboxylic acids is 2. The number of methoxy groups -OCH3 is 1. The number of para-hydroxylation sites is 2. The number of benzene rings is 3. The van der Waals surface area contributed by atoms with Crippen molar-refractivity contribution in [3.63, 3.8) is 0 Å². The van der Waals surface area contributed by atoms with E-state index in [-0.39, 0.29) is 11.3 Å². The van der Waals surface area contributed by atoms with Gasteiger partial charge in [-0.25, -0.2) is 0 Å². The highest BCUT2D eigenvalue weighted by Gasteiger charge is 2.48. The SMILES string of the molecule is CCCOc1ccc(/C(O)=C2\C(=O)C(=O)N(c3ccccc3C)C2c2ccccc2OC)cc1C. The number of rotatable bonds is 7. The van der Waals surface area contributed by atoms with Crippen LogP contribution < -0.4 is 14.4 Å². The first-order valence-corrected chi connectivity index (χ1v) is 11.6. The minimum absolute atomic E-state index is 0.0179. The van der Waals surface area contributed by atoms with Gasteiger partial charge in [0.2, 0.25) is 0 Å². The first kappa shape index (κ1) is 24.1. The molecule has 35 heavy (non-hydrogen) atoms. The largest absolute Gasteiger partial charge is 0.507 e. The van der Waals surface area contributed by atoms with Crippen LogP contribution in [-0.2, 0) is 9.59 Å². The van der Waals surface area contributed by atoms with Crippen molar-refractivity contribution in [2.45, 2.75) is 33.2 Å². The topological polar surface area (TPSA) is 76.1 Å². The number of anilines is 1. The molecule has 1 aliphatic rings. The summed E-state index contributed by atoms with van der Waals surface area (Å²) in [6, 6.07) is 19.0. The predicted octanol–water partition coefficient (Wildman–Crippen LogP) is 5.73. The number of ether oxygens (including phenoxy) is 2. The smallest absolute Gasteiger partial charge is 0.300 e. The number of Topliss-reactive ketones (excluding diaryl/α,β-unsaturated/α-hetero) is 1. The molecule has 3 aromatic carbocycles. The Kier molecular flexibility index (Phi) is 6.92. The number of aliphatic hydroxyl groups is 1. The number of aliphatic hydroxyl groups excluding tert-OH is 1. The third-order valence-electron chi connectivity index (χ3n) is 6.16. The van der Waals surface area contributed by atoms with Crippen molar-refractivity contribution in [1.29, 1.82) is 0 Å². The summed E-state index contributed by atoms with van der Waals surface area (Å²) in [6.07, 6.45) is 0.877. The van der Waals surface area contributed by atoms with E-state index >= 15 is 0 Å². The molecule has 1 fully saturated rings. The van der Waals surface area contributed by atoms with Crippen LogP contribution in [0.5, 0.6) is 11.5 Å². The molecule has 1 heterocycles. The molecule has 1 amide bonds. The van der Waals surface area contributed by atoms with Gasteiger partial charge in [-0.2, -0.15) is 0 Å². The molecule has 0 bridgehead atoms. The number of hydrogen-bond acceptors (Lipinski definition) is 5. The molecule has 0 saturated carbocycles. The van der Waals surface area contributed by atoms with Gasteiger partial charge in [0.05, 0.1) is 25.3 Å². The maximum absolute atomic E-state index is 13.4. The molecule has 0 aromatic heterocycles. The lowest BCUT2D eigenvalue weighted by molar-refractivity contribution is -0.132. The number of hydrogen-bond donors (Lipinski definition) is 1. The van der Waals surface area contributed by atoms with E-state index in [0.717, 1.165) is 17.5 Å². The van der Waals surface area contributed by atoms with E-state index < -0.39 is 17.7 Å². The van der Waals surface area contributed by atoms with Crippen LogP contribution in [0.3, 0.4) is 0 Å². The molecular weight excluding hydrogens is 442 g/mol. The van der Waals surface area contributed by atoms with E-state index in [0.29, 0.717) is 34.9 Å². The molecular formula is C29H29NO5. The Morgan fingerprint density at radius 1 is 0.943 bits per heavy atom. The fourth-order valence-corrected chi connectivity index (χ4v) is 4.43. The zero-order chi connectivity index (χ0) is 25.1. The number of carbonyl (C=O) groups is 2. The molecule has 180 valence electrons. The molecule has 0 spiro atoms. The Labute approximate surface area is 205 Å². The molecule has 1 N–H and O–H groups in total. The van der Waals surface area contributed by atoms with Gasteiger partial charge in [-0.3, -0.25) is 14.5 Å². The highest BCUT2D eigenvalue weighted by Crippen LogP contribution is 2.45. The Morgan fingerprint density at radius 3 is 2.34 bits per heavy atom. The van der Waals surface area contributed by atoms with Gasteiger partial charge >= 0.3 is 0 Å². The quantitative estimate of drug-likeness (QED) is 0.271. The monoisotopic (exact) mass is 471 g/mol. The van der Waals surface area contributed by atoms with Crippen LogP contribution in [0.4, 0.5) is 5.69 Å². The molecule has 1 aliphatic heterocycles. The minimum Gasteiger partial charge on any atom is -0.507 e. The molecule has 1 atom stereocenters. The zero-order valence-corrected chi connectivity index (χ0v) is 20.4. The van der Waals surface area contributed by atoms with Crippen LogP contribution in [0.25, 0.3) is 5.76 Å². The summed E-state index contributed by atoms with van der Waals surface area (Å²) in [7, 11) is 1.54. The maximum atomic E-state index is 13.4. The van der Waals surface area contributed by atoms with E-state index in [4.69, 9.17) is 9.47 Å². The first-order valence-electron chi connectivity index (χ1n) is 11.6. The van der Waals surface area contributed by atoms with E-state index in [1.165, 1.54) is 12.0 Å². The lowest BCUT2D eigenvalue weighted by atomic mass is 9.93. The highest BCUT2D eigenvalue weighted by molar-refractivity contribution is 6.51. The fourth-order valence-electron chi connectivity index (χ4n) is 4.43. The summed E-state index contributed by atoms with van der Waals surface area (Å²) in [5, 5.41) is 11.4. The van der Waals surface area contributed by atoms with Crippen LogP contribution in [0.15, 0.2) is 72.3 Å². The zero-order valence-electron chi connectivity index (χ0n) is 20.4. The summed E-state index contributed by atoms with van der Waals surface area (Å²) in [5.41, 5.74) is 3.33. The summed E-state index contributed by atoms with van der Waals surface area (Å²) < 4.78 is 11.3. The van der Waals surface area contributed by atoms with Crippen LogP contribution in [0, 0.1) is 13.8 Å². The van der Waals surface area contributed by atoms with Gasteiger partial charge < -0.3 is 14.6 Å². The molecule has 6 heteroatoms. The van der Waals surface area contributed by atoms with Crippen molar-refractivity contribution >= 4 is 23.1 Å².